The summed E-state index contributed by atoms with van der Waals surface area (Å²) in [5.74, 6) is -0.272. The molecule has 0 saturated heterocycles. The van der Waals surface area contributed by atoms with Gasteiger partial charge in [0.2, 0.25) is 0 Å². The molecule has 0 spiro atoms. The number of hydrogen-bond donors (Lipinski definition) is 3. The summed E-state index contributed by atoms with van der Waals surface area (Å²) in [6.07, 6.45) is 1.01. The molecule has 2 aromatic rings. The summed E-state index contributed by atoms with van der Waals surface area (Å²) in [4.78, 5) is 33.1. The molecule has 0 fully saturated rings. The number of halogens is 3. The van der Waals surface area contributed by atoms with Gasteiger partial charge in [-0.25, -0.2) is 9.98 Å². The van der Waals surface area contributed by atoms with Crippen molar-refractivity contribution in [3.8, 4) is 5.75 Å². The number of amides is 2. The van der Waals surface area contributed by atoms with Crippen LogP contribution in [0.5, 0.6) is 5.75 Å². The van der Waals surface area contributed by atoms with Crippen LogP contribution in [-0.4, -0.2) is 45.2 Å². The van der Waals surface area contributed by atoms with Crippen molar-refractivity contribution < 1.29 is 23.1 Å². The number of aliphatic imine (C=N–C) groups is 1. The summed E-state index contributed by atoms with van der Waals surface area (Å²) >= 11 is 3.18. The van der Waals surface area contributed by atoms with E-state index in [1.807, 2.05) is 0 Å². The molecule has 1 aliphatic heterocycles. The van der Waals surface area contributed by atoms with Crippen molar-refractivity contribution >= 4 is 33.6 Å². The molecule has 3 rings (SSSR count). The molecule has 2 amide bonds. The van der Waals surface area contributed by atoms with Crippen LogP contribution in [-0.2, 0) is 4.79 Å². The number of benzene rings is 1. The molecule has 1 unspecified atom stereocenters. The van der Waals surface area contributed by atoms with E-state index in [2.05, 4.69) is 46.4 Å². The highest BCUT2D eigenvalue weighted by atomic mass is 79.9. The average Bonchev–Trinajstić information content (AvgIpc) is 3.08. The van der Waals surface area contributed by atoms with Crippen LogP contribution >= 0.6 is 15.9 Å². The molecule has 10 nitrogen and oxygen atoms in total. The molecule has 0 saturated carbocycles. The lowest BCUT2D eigenvalue weighted by atomic mass is 10.2. The number of alkyl halides is 2. The minimum Gasteiger partial charge on any atom is -0.435 e. The Morgan fingerprint density at radius 1 is 1.34 bits per heavy atom. The third-order valence-electron chi connectivity index (χ3n) is 4.28. The van der Waals surface area contributed by atoms with Crippen molar-refractivity contribution in [1.82, 2.24) is 25.4 Å². The lowest BCUT2D eigenvalue weighted by Crippen LogP contribution is -2.38. The fraction of sp³-hybridized carbons (Fsp3) is 0.316. The van der Waals surface area contributed by atoms with Gasteiger partial charge < -0.3 is 21.1 Å². The summed E-state index contributed by atoms with van der Waals surface area (Å²) in [6, 6.07) is 3.35. The summed E-state index contributed by atoms with van der Waals surface area (Å²) in [5, 5.41) is 9.91. The minimum atomic E-state index is -3.02. The molecular formula is C19H20BrF2N7O3. The van der Waals surface area contributed by atoms with Crippen LogP contribution in [0.2, 0.25) is 0 Å². The third-order valence-corrected chi connectivity index (χ3v) is 4.74. The van der Waals surface area contributed by atoms with Crippen LogP contribution in [0, 0.1) is 6.92 Å². The number of carbonyl (C=O) groups excluding carboxylic acids is 2. The highest BCUT2D eigenvalue weighted by Crippen LogP contribution is 2.24. The normalized spacial score (nSPS) is 16.7. The van der Waals surface area contributed by atoms with E-state index < -0.39 is 30.6 Å². The van der Waals surface area contributed by atoms with E-state index in [-0.39, 0.29) is 17.0 Å². The molecule has 13 heteroatoms. The van der Waals surface area contributed by atoms with Crippen molar-refractivity contribution in [2.45, 2.75) is 39.6 Å². The topological polar surface area (TPSA) is 137 Å². The first-order valence-corrected chi connectivity index (χ1v) is 10.2. The molecule has 1 aromatic carbocycles. The van der Waals surface area contributed by atoms with Crippen LogP contribution in [0.15, 0.2) is 39.4 Å². The number of primary amides is 1. The van der Waals surface area contributed by atoms with E-state index in [0.29, 0.717) is 22.0 Å². The molecule has 4 N–H and O–H groups in total. The van der Waals surface area contributed by atoms with Crippen molar-refractivity contribution in [2.24, 2.45) is 10.7 Å². The molecule has 0 aliphatic carbocycles. The number of rotatable bonds is 6. The van der Waals surface area contributed by atoms with E-state index in [0.717, 1.165) is 0 Å². The fourth-order valence-electron chi connectivity index (χ4n) is 3.01. The quantitative estimate of drug-likeness (QED) is 0.542. The number of allylic oxidation sites excluding steroid dienone is 1. The number of nitrogens with two attached hydrogens (primary N) is 1. The van der Waals surface area contributed by atoms with Gasteiger partial charge in [0.05, 0.1) is 6.04 Å². The number of carbonyl (C=O) groups is 2. The second kappa shape index (κ2) is 9.42. The molecule has 0 radical (unpaired) electrons. The second-order valence-electron chi connectivity index (χ2n) is 6.91. The number of nitrogens with one attached hydrogen (secondary N) is 2. The maximum Gasteiger partial charge on any atom is 0.387 e. The van der Waals surface area contributed by atoms with E-state index >= 15 is 0 Å². The second-order valence-corrected chi connectivity index (χ2v) is 7.82. The Morgan fingerprint density at radius 2 is 2.06 bits per heavy atom. The van der Waals surface area contributed by atoms with E-state index in [1.54, 1.807) is 20.8 Å². The number of aromatic nitrogens is 3. The Hall–Kier alpha value is -3.35. The maximum atomic E-state index is 12.8. The first kappa shape index (κ1) is 23.3. The van der Waals surface area contributed by atoms with Gasteiger partial charge in [-0.3, -0.25) is 9.59 Å². The molecule has 32 heavy (non-hydrogen) atoms. The number of aryl methyl sites for hydroxylation is 1. The SMILES string of the molecule is Cc1nc([C@H](C)NC(=O)c2cc(Br)cc(OC(F)F)c2)n(C2=NC(C)NC(C(N)=O)=C2)n1. The Kier molecular flexibility index (Phi) is 6.87. The molecule has 1 aliphatic rings. The third kappa shape index (κ3) is 5.46. The maximum absolute atomic E-state index is 12.8. The Morgan fingerprint density at radius 3 is 2.72 bits per heavy atom. The lowest BCUT2D eigenvalue weighted by Gasteiger charge is -2.21. The first-order valence-electron chi connectivity index (χ1n) is 9.39. The number of nitrogens with zero attached hydrogens (tertiary/aromatic N) is 4. The first-order chi connectivity index (χ1) is 15.0. The van der Waals surface area contributed by atoms with Gasteiger partial charge >= 0.3 is 6.61 Å². The van der Waals surface area contributed by atoms with Crippen LogP contribution in [0.3, 0.4) is 0 Å². The van der Waals surface area contributed by atoms with Gasteiger partial charge in [0, 0.05) is 16.1 Å². The van der Waals surface area contributed by atoms with Gasteiger partial charge in [-0.2, -0.15) is 13.5 Å². The molecular weight excluding hydrogens is 492 g/mol. The molecule has 2 atom stereocenters. The number of ether oxygens (including phenoxy) is 1. The van der Waals surface area contributed by atoms with Crippen LogP contribution < -0.4 is 21.1 Å². The predicted molar refractivity (Wildman–Crippen MR) is 114 cm³/mol. The van der Waals surface area contributed by atoms with Crippen molar-refractivity contribution in [3.05, 3.63) is 51.7 Å². The van der Waals surface area contributed by atoms with Crippen LogP contribution in [0.1, 0.15) is 41.9 Å². The smallest absolute Gasteiger partial charge is 0.387 e. The predicted octanol–water partition coefficient (Wildman–Crippen LogP) is 2.01. The summed E-state index contributed by atoms with van der Waals surface area (Å²) < 4.78 is 31.3. The van der Waals surface area contributed by atoms with Gasteiger partial charge in [-0.15, -0.1) is 5.10 Å². The van der Waals surface area contributed by atoms with E-state index in [1.165, 1.54) is 29.0 Å². The van der Waals surface area contributed by atoms with E-state index in [9.17, 15) is 18.4 Å². The van der Waals surface area contributed by atoms with Crippen molar-refractivity contribution in [3.63, 3.8) is 0 Å². The van der Waals surface area contributed by atoms with Gasteiger partial charge in [0.15, 0.2) is 11.7 Å². The van der Waals surface area contributed by atoms with Crippen molar-refractivity contribution in [1.29, 1.82) is 0 Å². The Labute approximate surface area is 190 Å². The largest absolute Gasteiger partial charge is 0.435 e. The monoisotopic (exact) mass is 511 g/mol. The standard InChI is InChI=1S/C19H20BrF2N7O3/c1-8(24-18(31)11-4-12(20)6-13(5-11)32-19(21)22)17-27-10(3)28-29(17)15-7-14(16(23)30)25-9(2)26-15/h4-9,19,25H,1-3H3,(H2,23,30)(H,24,31)/t8-,9?/m0/s1. The zero-order chi connectivity index (χ0) is 23.6. The van der Waals surface area contributed by atoms with Gasteiger partial charge in [-0.05, 0) is 39.0 Å². The van der Waals surface area contributed by atoms with Gasteiger partial charge in [-0.1, -0.05) is 15.9 Å². The Balaban J connectivity index is 1.87. The lowest BCUT2D eigenvalue weighted by molar-refractivity contribution is -0.115. The average molecular weight is 512 g/mol. The van der Waals surface area contributed by atoms with Gasteiger partial charge in [0.1, 0.15) is 23.4 Å². The van der Waals surface area contributed by atoms with Gasteiger partial charge in [0.25, 0.3) is 11.8 Å². The molecule has 0 bridgehead atoms. The van der Waals surface area contributed by atoms with Crippen molar-refractivity contribution in [2.75, 3.05) is 0 Å². The van der Waals surface area contributed by atoms with Crippen LogP contribution in [0.4, 0.5) is 8.78 Å². The minimum absolute atomic E-state index is 0.105. The molecule has 2 heterocycles. The molecule has 170 valence electrons. The zero-order valence-electron chi connectivity index (χ0n) is 17.3. The van der Waals surface area contributed by atoms with E-state index in [4.69, 9.17) is 5.73 Å². The number of hydrogen-bond acceptors (Lipinski definition) is 7. The summed E-state index contributed by atoms with van der Waals surface area (Å²) in [6.45, 7) is 2.06. The fourth-order valence-corrected chi connectivity index (χ4v) is 3.48. The molecule has 1 aromatic heterocycles. The van der Waals surface area contributed by atoms with Crippen LogP contribution in [0.25, 0.3) is 0 Å². The zero-order valence-corrected chi connectivity index (χ0v) is 18.9. The summed E-state index contributed by atoms with van der Waals surface area (Å²) in [5.41, 5.74) is 5.64. The Bertz CT molecular complexity index is 1120. The highest BCUT2D eigenvalue weighted by molar-refractivity contribution is 9.10. The highest BCUT2D eigenvalue weighted by Gasteiger charge is 2.24. The summed E-state index contributed by atoms with van der Waals surface area (Å²) in [7, 11) is 0.